The van der Waals surface area contributed by atoms with Crippen molar-refractivity contribution in [2.24, 2.45) is 0 Å². The average molecular weight is 301 g/mol. The van der Waals surface area contributed by atoms with E-state index < -0.39 is 18.0 Å². The molecule has 21 heavy (non-hydrogen) atoms. The molecule has 1 aromatic rings. The van der Waals surface area contributed by atoms with Gasteiger partial charge in [0, 0.05) is 18.2 Å². The molecule has 5 nitrogen and oxygen atoms in total. The molecule has 1 aromatic carbocycles. The van der Waals surface area contributed by atoms with Crippen LogP contribution in [0, 0.1) is 0 Å². The van der Waals surface area contributed by atoms with Gasteiger partial charge < -0.3 is 15.2 Å². The summed E-state index contributed by atoms with van der Waals surface area (Å²) >= 11 is 0. The molecule has 6 heteroatoms. The quantitative estimate of drug-likeness (QED) is 0.448. The number of carbonyl (C=O) groups excluding carboxylic acids is 1. The molecule has 1 rings (SSSR count). The summed E-state index contributed by atoms with van der Waals surface area (Å²) in [6.07, 6.45) is 1.59. The zero-order valence-electron chi connectivity index (χ0n) is 11.6. The fourth-order valence-corrected chi connectivity index (χ4v) is 1.73. The number of rotatable bonds is 7. The zero-order chi connectivity index (χ0) is 15.0. The molecule has 110 valence electrons. The summed E-state index contributed by atoms with van der Waals surface area (Å²) < 4.78 is 4.77. The van der Waals surface area contributed by atoms with Crippen LogP contribution in [-0.2, 0) is 20.7 Å². The van der Waals surface area contributed by atoms with E-state index in [9.17, 15) is 14.7 Å². The van der Waals surface area contributed by atoms with E-state index >= 15 is 0 Å². The van der Waals surface area contributed by atoms with Crippen LogP contribution in [0.2, 0.25) is 0 Å². The standard InChI is InChI=1S/C15H19NO4.Na.H/c1-3-20-14(17)9-11(2)16-13(15(18)19)10-12-7-5-4-6-8-12;;/h4-9,13,16H,3,10H2,1-2H3,(H,18,19);;/b11-9+;;/t13-;;/m0../s1. The van der Waals surface area contributed by atoms with Crippen LogP contribution >= 0.6 is 0 Å². The van der Waals surface area contributed by atoms with Crippen molar-refractivity contribution in [2.45, 2.75) is 26.3 Å². The van der Waals surface area contributed by atoms with Crippen LogP contribution in [0.3, 0.4) is 0 Å². The second-order valence-electron chi connectivity index (χ2n) is 4.30. The molecule has 0 aliphatic heterocycles. The van der Waals surface area contributed by atoms with Crippen molar-refractivity contribution in [3.05, 3.63) is 47.7 Å². The maximum atomic E-state index is 11.3. The number of carboxylic acids is 1. The Morgan fingerprint density at radius 2 is 1.95 bits per heavy atom. The fourth-order valence-electron chi connectivity index (χ4n) is 1.73. The van der Waals surface area contributed by atoms with Gasteiger partial charge in [-0.05, 0) is 19.4 Å². The molecular weight excluding hydrogens is 281 g/mol. The van der Waals surface area contributed by atoms with Crippen LogP contribution in [0.15, 0.2) is 42.1 Å². The number of carbonyl (C=O) groups is 2. The molecule has 1 atom stereocenters. The van der Waals surface area contributed by atoms with Crippen LogP contribution in [-0.4, -0.2) is 59.3 Å². The number of aliphatic carboxylic acids is 1. The Labute approximate surface area is 146 Å². The Hall–Kier alpha value is -1.30. The van der Waals surface area contributed by atoms with Crippen molar-refractivity contribution in [3.63, 3.8) is 0 Å². The molecular formula is C15H20NNaO4. The van der Waals surface area contributed by atoms with Gasteiger partial charge in [-0.15, -0.1) is 0 Å². The van der Waals surface area contributed by atoms with Crippen molar-refractivity contribution in [3.8, 4) is 0 Å². The molecule has 0 aliphatic rings. The molecule has 0 spiro atoms. The van der Waals surface area contributed by atoms with E-state index in [0.29, 0.717) is 12.1 Å². The molecule has 2 N–H and O–H groups in total. The minimum absolute atomic E-state index is 0. The maximum absolute atomic E-state index is 11.3. The van der Waals surface area contributed by atoms with Crippen molar-refractivity contribution in [2.75, 3.05) is 6.61 Å². The molecule has 0 aliphatic carbocycles. The summed E-state index contributed by atoms with van der Waals surface area (Å²) in [5, 5.41) is 12.0. The number of benzene rings is 1. The first kappa shape index (κ1) is 19.7. The van der Waals surface area contributed by atoms with Gasteiger partial charge in [0.25, 0.3) is 0 Å². The Balaban J connectivity index is 0.00000400. The number of allylic oxidation sites excluding steroid dienone is 1. The van der Waals surface area contributed by atoms with E-state index in [4.69, 9.17) is 4.74 Å². The van der Waals surface area contributed by atoms with Crippen molar-refractivity contribution >= 4 is 41.5 Å². The third kappa shape index (κ3) is 7.90. The number of hydrogen-bond acceptors (Lipinski definition) is 4. The van der Waals surface area contributed by atoms with E-state index in [2.05, 4.69) is 5.32 Å². The average Bonchev–Trinajstić information content (AvgIpc) is 2.39. The van der Waals surface area contributed by atoms with Crippen LogP contribution in [0.1, 0.15) is 19.4 Å². The van der Waals surface area contributed by atoms with Gasteiger partial charge in [-0.2, -0.15) is 0 Å². The van der Waals surface area contributed by atoms with Gasteiger partial charge >= 0.3 is 41.5 Å². The summed E-state index contributed by atoms with van der Waals surface area (Å²) in [7, 11) is 0. The molecule has 0 radical (unpaired) electrons. The van der Waals surface area contributed by atoms with E-state index in [1.165, 1.54) is 6.08 Å². The number of ether oxygens (including phenoxy) is 1. The van der Waals surface area contributed by atoms with Crippen LogP contribution < -0.4 is 5.32 Å². The predicted molar refractivity (Wildman–Crippen MR) is 82.2 cm³/mol. The molecule has 0 aromatic heterocycles. The Kier molecular flexibility index (Phi) is 9.78. The van der Waals surface area contributed by atoms with Gasteiger partial charge in [0.1, 0.15) is 6.04 Å². The molecule has 0 bridgehead atoms. The third-order valence-electron chi connectivity index (χ3n) is 2.60. The topological polar surface area (TPSA) is 75.6 Å². The van der Waals surface area contributed by atoms with E-state index in [-0.39, 0.29) is 36.2 Å². The fraction of sp³-hybridized carbons (Fsp3) is 0.333. The SMILES string of the molecule is CCOC(=O)/C=C(\C)N[C@@H](Cc1ccccc1)C(=O)O.[NaH]. The Bertz CT molecular complexity index is 488. The summed E-state index contributed by atoms with van der Waals surface area (Å²) in [5.41, 5.74) is 1.38. The Morgan fingerprint density at radius 3 is 2.48 bits per heavy atom. The molecule has 0 saturated carbocycles. The molecule has 0 saturated heterocycles. The number of nitrogens with one attached hydrogen (secondary N) is 1. The monoisotopic (exact) mass is 301 g/mol. The summed E-state index contributed by atoms with van der Waals surface area (Å²) in [6.45, 7) is 3.64. The molecule has 0 heterocycles. The van der Waals surface area contributed by atoms with Gasteiger partial charge in [-0.25, -0.2) is 9.59 Å². The van der Waals surface area contributed by atoms with Crippen LogP contribution in [0.25, 0.3) is 0 Å². The van der Waals surface area contributed by atoms with Gasteiger partial charge in [-0.1, -0.05) is 30.3 Å². The molecule has 0 unspecified atom stereocenters. The first-order valence-electron chi connectivity index (χ1n) is 6.41. The third-order valence-corrected chi connectivity index (χ3v) is 2.60. The van der Waals surface area contributed by atoms with Crippen molar-refractivity contribution in [1.29, 1.82) is 0 Å². The Morgan fingerprint density at radius 1 is 1.33 bits per heavy atom. The van der Waals surface area contributed by atoms with Crippen LogP contribution in [0.4, 0.5) is 0 Å². The normalized spacial score (nSPS) is 12.0. The van der Waals surface area contributed by atoms with E-state index in [0.717, 1.165) is 5.56 Å². The van der Waals surface area contributed by atoms with Gasteiger partial charge in [0.15, 0.2) is 0 Å². The van der Waals surface area contributed by atoms with E-state index in [1.807, 2.05) is 30.3 Å². The second-order valence-corrected chi connectivity index (χ2v) is 4.30. The zero-order valence-corrected chi connectivity index (χ0v) is 11.6. The number of esters is 1. The van der Waals surface area contributed by atoms with Gasteiger partial charge in [0.2, 0.25) is 0 Å². The first-order chi connectivity index (χ1) is 9.52. The summed E-state index contributed by atoms with van der Waals surface area (Å²) in [5.74, 6) is -1.45. The molecule has 0 amide bonds. The second kappa shape index (κ2) is 10.4. The predicted octanol–water partition coefficient (Wildman–Crippen LogP) is 1.09. The summed E-state index contributed by atoms with van der Waals surface area (Å²) in [4.78, 5) is 22.5. The minimum atomic E-state index is -0.967. The number of hydrogen-bond donors (Lipinski definition) is 2. The molecule has 0 fully saturated rings. The van der Waals surface area contributed by atoms with Gasteiger partial charge in [-0.3, -0.25) is 0 Å². The summed E-state index contributed by atoms with van der Waals surface area (Å²) in [6, 6.07) is 8.52. The first-order valence-corrected chi connectivity index (χ1v) is 6.41. The van der Waals surface area contributed by atoms with E-state index in [1.54, 1.807) is 13.8 Å². The van der Waals surface area contributed by atoms with Gasteiger partial charge in [0.05, 0.1) is 6.61 Å². The number of carboxylic acid groups (broad SMARTS) is 1. The van der Waals surface area contributed by atoms with Crippen molar-refractivity contribution < 1.29 is 19.4 Å². The van der Waals surface area contributed by atoms with Crippen LogP contribution in [0.5, 0.6) is 0 Å². The van der Waals surface area contributed by atoms with Crippen molar-refractivity contribution in [1.82, 2.24) is 5.32 Å².